The van der Waals surface area contributed by atoms with Crippen LogP contribution in [0.3, 0.4) is 0 Å². The molecule has 0 fully saturated rings. The second-order valence-corrected chi connectivity index (χ2v) is 10.2. The number of rotatable bonds is 17. The highest BCUT2D eigenvalue weighted by molar-refractivity contribution is 5.94. The van der Waals surface area contributed by atoms with Crippen LogP contribution < -0.4 is 10.1 Å². The van der Waals surface area contributed by atoms with Gasteiger partial charge >= 0.3 is 12.1 Å². The maximum atomic E-state index is 12.9. The van der Waals surface area contributed by atoms with Crippen molar-refractivity contribution in [3.8, 4) is 5.75 Å². The molecule has 0 spiro atoms. The summed E-state index contributed by atoms with van der Waals surface area (Å²) in [6.07, 6.45) is 17.4. The van der Waals surface area contributed by atoms with E-state index in [1.54, 1.807) is 14.0 Å². The fourth-order valence-corrected chi connectivity index (χ4v) is 5.19. The summed E-state index contributed by atoms with van der Waals surface area (Å²) < 4.78 is 11.0. The molecular formula is C31H50N2O4. The van der Waals surface area contributed by atoms with Gasteiger partial charge in [0.15, 0.2) is 0 Å². The van der Waals surface area contributed by atoms with Crippen molar-refractivity contribution >= 4 is 12.1 Å². The third kappa shape index (κ3) is 9.39. The summed E-state index contributed by atoms with van der Waals surface area (Å²) in [7, 11) is 1.64. The van der Waals surface area contributed by atoms with Crippen molar-refractivity contribution in [1.29, 1.82) is 0 Å². The Morgan fingerprint density at radius 1 is 0.892 bits per heavy atom. The Kier molecular flexibility index (Phi) is 14.2. The van der Waals surface area contributed by atoms with Gasteiger partial charge < -0.3 is 14.8 Å². The predicted molar refractivity (Wildman–Crippen MR) is 151 cm³/mol. The molecule has 1 aliphatic rings. The molecule has 6 nitrogen and oxygen atoms in total. The first-order valence-electron chi connectivity index (χ1n) is 14.6. The number of benzene rings is 1. The molecule has 3 amide bonds. The zero-order valence-electron chi connectivity index (χ0n) is 24.0. The lowest BCUT2D eigenvalue weighted by molar-refractivity contribution is 0.103. The summed E-state index contributed by atoms with van der Waals surface area (Å²) in [5.41, 5.74) is 3.66. The Morgan fingerprint density at radius 3 is 2.00 bits per heavy atom. The average molecular weight is 515 g/mol. The molecule has 1 aromatic rings. The number of methoxy groups -OCH3 is 1. The van der Waals surface area contributed by atoms with Gasteiger partial charge in [0.05, 0.1) is 19.8 Å². The Bertz CT molecular complexity index is 880. The number of urea groups is 1. The molecule has 0 aliphatic carbocycles. The van der Waals surface area contributed by atoms with Crippen LogP contribution >= 0.6 is 0 Å². The van der Waals surface area contributed by atoms with Gasteiger partial charge in [0, 0.05) is 11.3 Å². The normalized spacial score (nSPS) is 15.6. The fraction of sp³-hybridized carbons (Fsp3) is 0.677. The molecule has 0 saturated heterocycles. The summed E-state index contributed by atoms with van der Waals surface area (Å²) >= 11 is 0. The number of aryl methyl sites for hydroxylation is 1. The summed E-state index contributed by atoms with van der Waals surface area (Å²) in [4.78, 5) is 26.9. The van der Waals surface area contributed by atoms with E-state index in [9.17, 15) is 9.59 Å². The number of carbonyl (C=O) groups is 2. The van der Waals surface area contributed by atoms with Crippen LogP contribution in [-0.2, 0) is 11.2 Å². The highest BCUT2D eigenvalue weighted by Gasteiger charge is 2.40. The SMILES string of the molecule is CCCCCCCCCCCCCCCc1cccc(OC)c1C1C(C)=C(C)NC(=O)N1C(=O)OCC. The number of hydrogen-bond donors (Lipinski definition) is 1. The van der Waals surface area contributed by atoms with Gasteiger partial charge in [0.1, 0.15) is 5.75 Å². The number of ether oxygens (including phenoxy) is 2. The number of unbranched alkanes of at least 4 members (excludes halogenated alkanes) is 12. The molecule has 0 bridgehead atoms. The Balaban J connectivity index is 1.95. The zero-order chi connectivity index (χ0) is 27.0. The molecule has 2 rings (SSSR count). The van der Waals surface area contributed by atoms with E-state index >= 15 is 0 Å². The maximum absolute atomic E-state index is 12.9. The van der Waals surface area contributed by atoms with E-state index < -0.39 is 18.2 Å². The highest BCUT2D eigenvalue weighted by Crippen LogP contribution is 2.40. The van der Waals surface area contributed by atoms with Gasteiger partial charge in [-0.05, 0) is 50.8 Å². The van der Waals surface area contributed by atoms with E-state index in [4.69, 9.17) is 9.47 Å². The van der Waals surface area contributed by atoms with Crippen LogP contribution in [0.15, 0.2) is 29.5 Å². The Morgan fingerprint density at radius 2 is 1.46 bits per heavy atom. The number of nitrogens with one attached hydrogen (secondary N) is 1. The number of allylic oxidation sites excluding steroid dienone is 1. The van der Waals surface area contributed by atoms with Crippen LogP contribution in [-0.4, -0.2) is 30.7 Å². The van der Waals surface area contributed by atoms with Gasteiger partial charge in [0.2, 0.25) is 0 Å². The summed E-state index contributed by atoms with van der Waals surface area (Å²) in [5, 5.41) is 2.80. The second-order valence-electron chi connectivity index (χ2n) is 10.2. The van der Waals surface area contributed by atoms with Crippen molar-refractivity contribution in [3.05, 3.63) is 40.6 Å². The lowest BCUT2D eigenvalue weighted by Crippen LogP contribution is -2.50. The molecule has 1 heterocycles. The molecule has 0 saturated carbocycles. The van der Waals surface area contributed by atoms with Crippen molar-refractivity contribution in [2.75, 3.05) is 13.7 Å². The second kappa shape index (κ2) is 17.1. The van der Waals surface area contributed by atoms with Gasteiger partial charge in [-0.2, -0.15) is 0 Å². The van der Waals surface area contributed by atoms with Gasteiger partial charge in [-0.25, -0.2) is 14.5 Å². The summed E-state index contributed by atoms with van der Waals surface area (Å²) in [6, 6.07) is 4.96. The number of hydrogen-bond acceptors (Lipinski definition) is 4. The quantitative estimate of drug-likeness (QED) is 0.211. The largest absolute Gasteiger partial charge is 0.496 e. The fourth-order valence-electron chi connectivity index (χ4n) is 5.19. The number of carbonyl (C=O) groups excluding carboxylic acids is 2. The monoisotopic (exact) mass is 514 g/mol. The zero-order valence-corrected chi connectivity index (χ0v) is 24.0. The highest BCUT2D eigenvalue weighted by atomic mass is 16.6. The van der Waals surface area contributed by atoms with Crippen LogP contribution in [0.4, 0.5) is 9.59 Å². The van der Waals surface area contributed by atoms with E-state index in [-0.39, 0.29) is 6.61 Å². The van der Waals surface area contributed by atoms with Crippen molar-refractivity contribution < 1.29 is 19.1 Å². The van der Waals surface area contributed by atoms with Crippen molar-refractivity contribution in [3.63, 3.8) is 0 Å². The predicted octanol–water partition coefficient (Wildman–Crippen LogP) is 8.85. The van der Waals surface area contributed by atoms with Crippen LogP contribution in [0.25, 0.3) is 0 Å². The summed E-state index contributed by atoms with van der Waals surface area (Å²) in [6.45, 7) is 8.03. The van der Waals surface area contributed by atoms with Crippen LogP contribution in [0.1, 0.15) is 128 Å². The molecule has 6 heteroatoms. The number of imide groups is 1. The van der Waals surface area contributed by atoms with E-state index in [0.717, 1.165) is 35.2 Å². The Hall–Kier alpha value is -2.50. The average Bonchev–Trinajstić information content (AvgIpc) is 2.88. The molecule has 1 aromatic carbocycles. The third-order valence-electron chi connectivity index (χ3n) is 7.44. The first kappa shape index (κ1) is 30.7. The molecular weight excluding hydrogens is 464 g/mol. The lowest BCUT2D eigenvalue weighted by atomic mass is 9.88. The molecule has 0 aromatic heterocycles. The molecule has 1 unspecified atom stereocenters. The third-order valence-corrected chi connectivity index (χ3v) is 7.44. The smallest absolute Gasteiger partial charge is 0.418 e. The molecule has 208 valence electrons. The Labute approximate surface area is 225 Å². The minimum absolute atomic E-state index is 0.203. The van der Waals surface area contributed by atoms with Crippen LogP contribution in [0, 0.1) is 0 Å². The van der Waals surface area contributed by atoms with Crippen LogP contribution in [0.2, 0.25) is 0 Å². The first-order chi connectivity index (χ1) is 18.0. The summed E-state index contributed by atoms with van der Waals surface area (Å²) in [5.74, 6) is 0.688. The minimum atomic E-state index is -0.644. The van der Waals surface area contributed by atoms with Crippen molar-refractivity contribution in [1.82, 2.24) is 10.2 Å². The van der Waals surface area contributed by atoms with Gasteiger partial charge in [0.25, 0.3) is 0 Å². The molecule has 1 aliphatic heterocycles. The van der Waals surface area contributed by atoms with Gasteiger partial charge in [-0.1, -0.05) is 96.1 Å². The van der Waals surface area contributed by atoms with E-state index in [2.05, 4.69) is 18.3 Å². The standard InChI is InChI=1S/C31H50N2O4/c1-6-8-9-10-11-12-13-14-15-16-17-18-19-21-26-22-20-23-27(36-5)28(26)29-24(3)25(4)32-30(34)33(29)31(35)37-7-2/h20,22-23,29H,6-19,21H2,1-5H3,(H,32,34). The topological polar surface area (TPSA) is 67.9 Å². The lowest BCUT2D eigenvalue weighted by Gasteiger charge is -2.37. The molecule has 1 N–H and O–H groups in total. The van der Waals surface area contributed by atoms with Crippen LogP contribution in [0.5, 0.6) is 5.75 Å². The van der Waals surface area contributed by atoms with E-state index in [1.807, 2.05) is 26.0 Å². The van der Waals surface area contributed by atoms with Gasteiger partial charge in [-0.3, -0.25) is 0 Å². The number of nitrogens with zero attached hydrogens (tertiary/aromatic N) is 1. The van der Waals surface area contributed by atoms with Gasteiger partial charge in [-0.15, -0.1) is 0 Å². The van der Waals surface area contributed by atoms with E-state index in [0.29, 0.717) is 5.75 Å². The molecule has 37 heavy (non-hydrogen) atoms. The molecule has 1 atom stereocenters. The molecule has 0 radical (unpaired) electrons. The van der Waals surface area contributed by atoms with E-state index in [1.165, 1.54) is 81.9 Å². The van der Waals surface area contributed by atoms with Crippen molar-refractivity contribution in [2.45, 2.75) is 124 Å². The minimum Gasteiger partial charge on any atom is -0.496 e. The first-order valence-corrected chi connectivity index (χ1v) is 14.6. The van der Waals surface area contributed by atoms with Crippen molar-refractivity contribution in [2.24, 2.45) is 0 Å². The maximum Gasteiger partial charge on any atom is 0.418 e. The number of amides is 3.